The monoisotopic (exact) mass is 220 g/mol. The van der Waals surface area contributed by atoms with Crippen LogP contribution in [0.5, 0.6) is 0 Å². The average molecular weight is 220 g/mol. The minimum Gasteiger partial charge on any atom is -0.383 e. The Morgan fingerprint density at radius 3 is 3.12 bits per heavy atom. The first kappa shape index (κ1) is 12.2. The molecular weight excluding hydrogens is 204 g/mol. The zero-order valence-electron chi connectivity index (χ0n) is 9.47. The van der Waals surface area contributed by atoms with Gasteiger partial charge in [-0.25, -0.2) is 10.4 Å². The van der Waals surface area contributed by atoms with Crippen LogP contribution in [0.2, 0.25) is 0 Å². The summed E-state index contributed by atoms with van der Waals surface area (Å²) in [5.74, 6) is 0.258. The summed E-state index contributed by atoms with van der Waals surface area (Å²) in [5, 5.41) is 3.83. The number of nitrogens with one attached hydrogen (secondary N) is 1. The van der Waals surface area contributed by atoms with Crippen molar-refractivity contribution >= 4 is 17.9 Å². The molecule has 86 valence electrons. The lowest BCUT2D eigenvalue weighted by Gasteiger charge is -2.05. The molecule has 0 bridgehead atoms. The number of rotatable bonds is 4. The maximum atomic E-state index is 11.4. The molecule has 0 aliphatic heterocycles. The molecule has 0 aliphatic carbocycles. The van der Waals surface area contributed by atoms with Crippen LogP contribution in [0.15, 0.2) is 23.4 Å². The minimum atomic E-state index is -0.0961. The minimum absolute atomic E-state index is 0.0385. The molecule has 0 spiro atoms. The van der Waals surface area contributed by atoms with Crippen LogP contribution in [-0.4, -0.2) is 17.1 Å². The number of hydrogen-bond donors (Lipinski definition) is 2. The van der Waals surface area contributed by atoms with Gasteiger partial charge in [-0.1, -0.05) is 13.8 Å². The number of carbonyl (C=O) groups excluding carboxylic acids is 1. The molecular formula is C11H16N4O. The maximum absolute atomic E-state index is 11.4. The SMILES string of the molecule is CCC(C)C(=O)N/N=C/c1cccnc1N. The summed E-state index contributed by atoms with van der Waals surface area (Å²) in [6.45, 7) is 3.80. The van der Waals surface area contributed by atoms with Crippen LogP contribution in [0.25, 0.3) is 0 Å². The first-order valence-corrected chi connectivity index (χ1v) is 5.18. The number of hydrogen-bond acceptors (Lipinski definition) is 4. The standard InChI is InChI=1S/C11H16N4O/c1-3-8(2)11(16)15-14-7-9-5-4-6-13-10(9)12/h4-8H,3H2,1-2H3,(H2,12,13)(H,15,16)/b14-7+. The molecule has 1 aromatic heterocycles. The summed E-state index contributed by atoms with van der Waals surface area (Å²) in [4.78, 5) is 15.3. The zero-order chi connectivity index (χ0) is 12.0. The second-order valence-corrected chi connectivity index (χ2v) is 3.52. The smallest absolute Gasteiger partial charge is 0.242 e. The van der Waals surface area contributed by atoms with Gasteiger partial charge in [0.2, 0.25) is 5.91 Å². The van der Waals surface area contributed by atoms with Gasteiger partial charge in [0.25, 0.3) is 0 Å². The molecule has 0 saturated carbocycles. The van der Waals surface area contributed by atoms with Crippen LogP contribution >= 0.6 is 0 Å². The van der Waals surface area contributed by atoms with E-state index in [9.17, 15) is 4.79 Å². The second kappa shape index (κ2) is 5.85. The molecule has 0 aliphatic rings. The molecule has 0 fully saturated rings. The number of anilines is 1. The Balaban J connectivity index is 2.56. The van der Waals surface area contributed by atoms with Gasteiger partial charge >= 0.3 is 0 Å². The number of amides is 1. The van der Waals surface area contributed by atoms with E-state index in [1.807, 2.05) is 13.8 Å². The van der Waals surface area contributed by atoms with Crippen molar-refractivity contribution < 1.29 is 4.79 Å². The number of pyridine rings is 1. The summed E-state index contributed by atoms with van der Waals surface area (Å²) in [6.07, 6.45) is 3.88. The average Bonchev–Trinajstić information content (AvgIpc) is 2.30. The predicted octanol–water partition coefficient (Wildman–Crippen LogP) is 1.16. The number of nitrogens with zero attached hydrogens (tertiary/aromatic N) is 2. The maximum Gasteiger partial charge on any atom is 0.242 e. The Hall–Kier alpha value is -1.91. The highest BCUT2D eigenvalue weighted by molar-refractivity contribution is 5.86. The van der Waals surface area contributed by atoms with E-state index in [1.54, 1.807) is 18.3 Å². The van der Waals surface area contributed by atoms with Crippen molar-refractivity contribution in [2.75, 3.05) is 5.73 Å². The van der Waals surface area contributed by atoms with Crippen molar-refractivity contribution in [3.8, 4) is 0 Å². The fraction of sp³-hybridized carbons (Fsp3) is 0.364. The summed E-state index contributed by atoms with van der Waals surface area (Å²) >= 11 is 0. The molecule has 0 saturated heterocycles. The van der Waals surface area contributed by atoms with Gasteiger partial charge in [-0.2, -0.15) is 5.10 Å². The zero-order valence-corrected chi connectivity index (χ0v) is 9.47. The van der Waals surface area contributed by atoms with Crippen molar-refractivity contribution in [3.63, 3.8) is 0 Å². The quantitative estimate of drug-likeness (QED) is 0.590. The van der Waals surface area contributed by atoms with Crippen molar-refractivity contribution in [1.29, 1.82) is 0 Å². The lowest BCUT2D eigenvalue weighted by Crippen LogP contribution is -2.24. The fourth-order valence-corrected chi connectivity index (χ4v) is 1.00. The van der Waals surface area contributed by atoms with E-state index in [1.165, 1.54) is 6.21 Å². The van der Waals surface area contributed by atoms with Gasteiger partial charge in [-0.3, -0.25) is 4.79 Å². The summed E-state index contributed by atoms with van der Waals surface area (Å²) in [6, 6.07) is 3.54. The van der Waals surface area contributed by atoms with Gasteiger partial charge in [0.05, 0.1) is 6.21 Å². The molecule has 1 rings (SSSR count). The van der Waals surface area contributed by atoms with Crippen LogP contribution in [-0.2, 0) is 4.79 Å². The molecule has 1 aromatic rings. The molecule has 5 heteroatoms. The lowest BCUT2D eigenvalue weighted by molar-refractivity contribution is -0.124. The van der Waals surface area contributed by atoms with Crippen LogP contribution < -0.4 is 11.2 Å². The van der Waals surface area contributed by atoms with Gasteiger partial charge in [-0.15, -0.1) is 0 Å². The Morgan fingerprint density at radius 1 is 1.75 bits per heavy atom. The van der Waals surface area contributed by atoms with Gasteiger partial charge in [0.15, 0.2) is 0 Å². The Kier molecular flexibility index (Phi) is 4.44. The third-order valence-corrected chi connectivity index (χ3v) is 2.31. The van der Waals surface area contributed by atoms with Gasteiger partial charge in [0.1, 0.15) is 5.82 Å². The van der Waals surface area contributed by atoms with Crippen LogP contribution in [0.4, 0.5) is 5.82 Å². The van der Waals surface area contributed by atoms with Gasteiger partial charge < -0.3 is 5.73 Å². The lowest BCUT2D eigenvalue weighted by atomic mass is 10.1. The first-order valence-electron chi connectivity index (χ1n) is 5.18. The normalized spacial score (nSPS) is 12.6. The number of hydrazone groups is 1. The van der Waals surface area contributed by atoms with Crippen LogP contribution in [0.3, 0.4) is 0 Å². The molecule has 0 aromatic carbocycles. The second-order valence-electron chi connectivity index (χ2n) is 3.52. The Bertz CT molecular complexity index is 389. The van der Waals surface area contributed by atoms with E-state index >= 15 is 0 Å². The molecule has 1 unspecified atom stereocenters. The van der Waals surface area contributed by atoms with Crippen molar-refractivity contribution in [3.05, 3.63) is 23.9 Å². The molecule has 3 N–H and O–H groups in total. The fourth-order valence-electron chi connectivity index (χ4n) is 1.00. The Labute approximate surface area is 94.8 Å². The van der Waals surface area contributed by atoms with Gasteiger partial charge in [0, 0.05) is 17.7 Å². The molecule has 0 radical (unpaired) electrons. The highest BCUT2D eigenvalue weighted by atomic mass is 16.2. The largest absolute Gasteiger partial charge is 0.383 e. The van der Waals surface area contributed by atoms with E-state index in [2.05, 4.69) is 15.5 Å². The topological polar surface area (TPSA) is 80.4 Å². The third-order valence-electron chi connectivity index (χ3n) is 2.31. The molecule has 1 atom stereocenters. The number of nitrogens with two attached hydrogens (primary N) is 1. The Morgan fingerprint density at radius 2 is 2.50 bits per heavy atom. The summed E-state index contributed by atoms with van der Waals surface area (Å²) in [7, 11) is 0. The van der Waals surface area contributed by atoms with E-state index < -0.39 is 0 Å². The number of carbonyl (C=O) groups is 1. The van der Waals surface area contributed by atoms with Crippen LogP contribution in [0, 0.1) is 5.92 Å². The highest BCUT2D eigenvalue weighted by Crippen LogP contribution is 2.03. The van der Waals surface area contributed by atoms with E-state index in [-0.39, 0.29) is 11.8 Å². The van der Waals surface area contributed by atoms with E-state index in [0.717, 1.165) is 6.42 Å². The molecule has 1 amide bonds. The van der Waals surface area contributed by atoms with E-state index in [0.29, 0.717) is 11.4 Å². The van der Waals surface area contributed by atoms with Crippen molar-refractivity contribution in [2.45, 2.75) is 20.3 Å². The molecule has 16 heavy (non-hydrogen) atoms. The number of nitrogen functional groups attached to an aromatic ring is 1. The van der Waals surface area contributed by atoms with Crippen molar-refractivity contribution in [2.24, 2.45) is 11.0 Å². The molecule has 1 heterocycles. The predicted molar refractivity (Wildman–Crippen MR) is 63.8 cm³/mol. The van der Waals surface area contributed by atoms with E-state index in [4.69, 9.17) is 5.73 Å². The summed E-state index contributed by atoms with van der Waals surface area (Å²) < 4.78 is 0. The van der Waals surface area contributed by atoms with Crippen molar-refractivity contribution in [1.82, 2.24) is 10.4 Å². The van der Waals surface area contributed by atoms with Gasteiger partial charge in [-0.05, 0) is 18.6 Å². The third kappa shape index (κ3) is 3.34. The highest BCUT2D eigenvalue weighted by Gasteiger charge is 2.08. The summed E-state index contributed by atoms with van der Waals surface area (Å²) in [5.41, 5.74) is 8.75. The first-order chi connectivity index (χ1) is 7.65. The van der Waals surface area contributed by atoms with Crippen LogP contribution in [0.1, 0.15) is 25.8 Å². The number of aromatic nitrogens is 1. The molecule has 5 nitrogen and oxygen atoms in total.